The van der Waals surface area contributed by atoms with Gasteiger partial charge in [-0.1, -0.05) is 0 Å². The molecule has 1 atom stereocenters. The molecule has 0 saturated carbocycles. The Hall–Kier alpha value is -0.480. The Balaban J connectivity index is 0.00000196. The summed E-state index contributed by atoms with van der Waals surface area (Å²) in [5, 5.41) is 6.01. The van der Waals surface area contributed by atoms with Crippen LogP contribution in [-0.4, -0.2) is 30.8 Å². The summed E-state index contributed by atoms with van der Waals surface area (Å²) in [5.41, 5.74) is -0.415. The van der Waals surface area contributed by atoms with Crippen molar-refractivity contribution in [3.05, 3.63) is 0 Å². The van der Waals surface area contributed by atoms with Crippen LogP contribution in [0.5, 0.6) is 0 Å². The molecule has 5 heteroatoms. The summed E-state index contributed by atoms with van der Waals surface area (Å²) < 4.78 is 5.16. The van der Waals surface area contributed by atoms with E-state index in [9.17, 15) is 4.79 Å². The fourth-order valence-corrected chi connectivity index (χ4v) is 1.28. The topological polar surface area (TPSA) is 50.4 Å². The normalized spacial score (nSPS) is 18.4. The summed E-state index contributed by atoms with van der Waals surface area (Å²) in [7, 11) is 0. The van der Waals surface area contributed by atoms with Gasteiger partial charge in [-0.15, -0.1) is 12.4 Å². The van der Waals surface area contributed by atoms with Crippen molar-refractivity contribution in [1.29, 1.82) is 0 Å². The highest BCUT2D eigenvalue weighted by Gasteiger charge is 2.26. The molecule has 0 spiro atoms. The maximum atomic E-state index is 11.4. The maximum Gasteiger partial charge on any atom is 0.407 e. The second-order valence-corrected chi connectivity index (χ2v) is 4.85. The van der Waals surface area contributed by atoms with Gasteiger partial charge >= 0.3 is 6.09 Å². The molecular weight excluding hydrogens is 216 g/mol. The van der Waals surface area contributed by atoms with E-state index in [-0.39, 0.29) is 24.5 Å². The molecule has 0 aromatic heterocycles. The number of nitrogens with one attached hydrogen (secondary N) is 2. The van der Waals surface area contributed by atoms with Crippen LogP contribution >= 0.6 is 12.4 Å². The molecule has 1 aliphatic rings. The lowest BCUT2D eigenvalue weighted by Crippen LogP contribution is -2.53. The monoisotopic (exact) mass is 236 g/mol. The number of amides is 1. The highest BCUT2D eigenvalue weighted by Crippen LogP contribution is 2.11. The van der Waals surface area contributed by atoms with E-state index in [4.69, 9.17) is 4.74 Å². The van der Waals surface area contributed by atoms with Gasteiger partial charge in [-0.2, -0.15) is 0 Å². The van der Waals surface area contributed by atoms with Gasteiger partial charge in [-0.05, 0) is 27.7 Å². The molecule has 0 aliphatic carbocycles. The van der Waals surface area contributed by atoms with Crippen LogP contribution in [0.25, 0.3) is 0 Å². The number of halogens is 1. The van der Waals surface area contributed by atoms with Crippen molar-refractivity contribution in [2.45, 2.75) is 39.3 Å². The first kappa shape index (κ1) is 14.5. The first-order valence-corrected chi connectivity index (χ1v) is 5.09. The Bertz CT molecular complexity index is 212. The van der Waals surface area contributed by atoms with Gasteiger partial charge in [-0.25, -0.2) is 4.79 Å². The summed E-state index contributed by atoms with van der Waals surface area (Å²) >= 11 is 0. The quantitative estimate of drug-likeness (QED) is 0.765. The van der Waals surface area contributed by atoms with Gasteiger partial charge < -0.3 is 15.4 Å². The van der Waals surface area contributed by atoms with Crippen molar-refractivity contribution < 1.29 is 9.53 Å². The zero-order valence-electron chi connectivity index (χ0n) is 9.79. The van der Waals surface area contributed by atoms with Crippen LogP contribution in [-0.2, 0) is 4.74 Å². The lowest BCUT2D eigenvalue weighted by Gasteiger charge is -2.33. The van der Waals surface area contributed by atoms with Crippen molar-refractivity contribution in [3.63, 3.8) is 0 Å². The Morgan fingerprint density at radius 2 is 2.00 bits per heavy atom. The third-order valence-electron chi connectivity index (χ3n) is 2.26. The zero-order chi connectivity index (χ0) is 10.8. The van der Waals surface area contributed by atoms with E-state index in [1.165, 1.54) is 0 Å². The fourth-order valence-electron chi connectivity index (χ4n) is 1.28. The SMILES string of the molecule is CC(NC(=O)OC(C)(C)C)C1CNC1.Cl. The second-order valence-electron chi connectivity index (χ2n) is 4.85. The van der Waals surface area contributed by atoms with Crippen LogP contribution in [0.15, 0.2) is 0 Å². The van der Waals surface area contributed by atoms with Gasteiger partial charge in [0.2, 0.25) is 0 Å². The molecule has 0 aromatic carbocycles. The van der Waals surface area contributed by atoms with Crippen molar-refractivity contribution in [2.24, 2.45) is 5.92 Å². The minimum atomic E-state index is -0.415. The predicted molar refractivity (Wildman–Crippen MR) is 62.4 cm³/mol. The predicted octanol–water partition coefficient (Wildman–Crippen LogP) is 1.54. The van der Waals surface area contributed by atoms with Crippen LogP contribution in [0.3, 0.4) is 0 Å². The first-order valence-electron chi connectivity index (χ1n) is 5.09. The molecule has 0 aromatic rings. The van der Waals surface area contributed by atoms with Crippen LogP contribution in [0, 0.1) is 5.92 Å². The van der Waals surface area contributed by atoms with Crippen molar-refractivity contribution >= 4 is 18.5 Å². The van der Waals surface area contributed by atoms with Crippen LogP contribution in [0.1, 0.15) is 27.7 Å². The van der Waals surface area contributed by atoms with Crippen LogP contribution in [0.4, 0.5) is 4.79 Å². The molecule has 1 rings (SSSR count). The lowest BCUT2D eigenvalue weighted by molar-refractivity contribution is 0.0481. The summed E-state index contributed by atoms with van der Waals surface area (Å²) in [6.07, 6.45) is -0.322. The minimum absolute atomic E-state index is 0. The van der Waals surface area contributed by atoms with Gasteiger partial charge in [0.15, 0.2) is 0 Å². The van der Waals surface area contributed by atoms with Gasteiger partial charge in [0.25, 0.3) is 0 Å². The smallest absolute Gasteiger partial charge is 0.407 e. The molecular formula is C10H21ClN2O2. The first-order chi connectivity index (χ1) is 6.38. The van der Waals surface area contributed by atoms with Gasteiger partial charge in [0, 0.05) is 25.0 Å². The molecule has 1 fully saturated rings. The Kier molecular flexibility index (Phi) is 5.38. The molecule has 1 heterocycles. The summed E-state index contributed by atoms with van der Waals surface area (Å²) in [6.45, 7) is 9.57. The molecule has 1 aliphatic heterocycles. The molecule has 15 heavy (non-hydrogen) atoms. The van der Waals surface area contributed by atoms with E-state index in [0.717, 1.165) is 13.1 Å². The van der Waals surface area contributed by atoms with E-state index < -0.39 is 5.60 Å². The van der Waals surface area contributed by atoms with Crippen molar-refractivity contribution in [1.82, 2.24) is 10.6 Å². The number of rotatable bonds is 2. The molecule has 0 bridgehead atoms. The van der Waals surface area contributed by atoms with E-state index in [1.54, 1.807) is 0 Å². The number of hydrogen-bond donors (Lipinski definition) is 2. The van der Waals surface area contributed by atoms with E-state index in [2.05, 4.69) is 10.6 Å². The average molecular weight is 237 g/mol. The molecule has 0 radical (unpaired) electrons. The zero-order valence-corrected chi connectivity index (χ0v) is 10.6. The molecule has 1 saturated heterocycles. The Labute approximate surface area is 97.5 Å². The number of alkyl carbamates (subject to hydrolysis) is 1. The van der Waals surface area contributed by atoms with E-state index >= 15 is 0 Å². The van der Waals surface area contributed by atoms with Crippen molar-refractivity contribution in [3.8, 4) is 0 Å². The second kappa shape index (κ2) is 5.56. The Morgan fingerprint density at radius 1 is 1.47 bits per heavy atom. The van der Waals surface area contributed by atoms with Crippen LogP contribution < -0.4 is 10.6 Å². The van der Waals surface area contributed by atoms with Gasteiger partial charge in [-0.3, -0.25) is 0 Å². The number of hydrogen-bond acceptors (Lipinski definition) is 3. The minimum Gasteiger partial charge on any atom is -0.444 e. The largest absolute Gasteiger partial charge is 0.444 e. The number of ether oxygens (including phenoxy) is 1. The van der Waals surface area contributed by atoms with Gasteiger partial charge in [0.05, 0.1) is 0 Å². The third kappa shape index (κ3) is 5.23. The molecule has 1 amide bonds. The highest BCUT2D eigenvalue weighted by atomic mass is 35.5. The highest BCUT2D eigenvalue weighted by molar-refractivity contribution is 5.85. The van der Waals surface area contributed by atoms with Crippen LogP contribution in [0.2, 0.25) is 0 Å². The summed E-state index contributed by atoms with van der Waals surface area (Å²) in [6, 6.07) is 0.186. The van der Waals surface area contributed by atoms with E-state index in [1.807, 2.05) is 27.7 Å². The number of carbonyl (C=O) groups is 1. The molecule has 2 N–H and O–H groups in total. The molecule has 4 nitrogen and oxygen atoms in total. The standard InChI is InChI=1S/C10H20N2O2.ClH/c1-7(8-5-11-6-8)12-9(13)14-10(2,3)4;/h7-8,11H,5-6H2,1-4H3,(H,12,13);1H. The number of carbonyl (C=O) groups excluding carboxylic acids is 1. The average Bonchev–Trinajstić information content (AvgIpc) is 1.75. The van der Waals surface area contributed by atoms with Gasteiger partial charge in [0.1, 0.15) is 5.60 Å². The van der Waals surface area contributed by atoms with Crippen molar-refractivity contribution in [2.75, 3.05) is 13.1 Å². The third-order valence-corrected chi connectivity index (χ3v) is 2.26. The maximum absolute atomic E-state index is 11.4. The molecule has 1 unspecified atom stereocenters. The van der Waals surface area contributed by atoms with E-state index in [0.29, 0.717) is 5.92 Å². The lowest BCUT2D eigenvalue weighted by atomic mass is 9.95. The fraction of sp³-hybridized carbons (Fsp3) is 0.900. The summed E-state index contributed by atoms with van der Waals surface area (Å²) in [5.74, 6) is 0.544. The molecule has 90 valence electrons. The summed E-state index contributed by atoms with van der Waals surface area (Å²) in [4.78, 5) is 11.4. The Morgan fingerprint density at radius 3 is 2.33 bits per heavy atom.